The lowest BCUT2D eigenvalue weighted by Gasteiger charge is -2.09. The number of methoxy groups -OCH3 is 1. The highest BCUT2D eigenvalue weighted by Crippen LogP contribution is 2.36. The van der Waals surface area contributed by atoms with Gasteiger partial charge in [0.25, 0.3) is 6.01 Å². The van der Waals surface area contributed by atoms with E-state index in [0.29, 0.717) is 16.8 Å². The topological polar surface area (TPSA) is 47.3 Å². The van der Waals surface area contributed by atoms with E-state index in [9.17, 15) is 0 Å². The van der Waals surface area contributed by atoms with Crippen LogP contribution in [0.15, 0.2) is 22.7 Å². The van der Waals surface area contributed by atoms with Crippen LogP contribution in [0.5, 0.6) is 5.75 Å². The molecule has 0 amide bonds. The van der Waals surface area contributed by atoms with Crippen molar-refractivity contribution in [1.29, 1.82) is 0 Å². The Morgan fingerprint density at radius 3 is 2.76 bits per heavy atom. The van der Waals surface area contributed by atoms with Crippen LogP contribution in [-0.2, 0) is 0 Å². The van der Waals surface area contributed by atoms with Crippen molar-refractivity contribution < 1.29 is 9.15 Å². The molecule has 1 N–H and O–H groups in total. The zero-order valence-corrected chi connectivity index (χ0v) is 10.6. The Morgan fingerprint density at radius 1 is 1.41 bits per heavy atom. The molecular weight excluding hydrogens is 240 g/mol. The summed E-state index contributed by atoms with van der Waals surface area (Å²) in [4.78, 5) is 4.07. The SMILES string of the molecule is CNc1ncc(-c2cc(Cl)cc(C)c2OC)o1. The molecule has 1 heterocycles. The van der Waals surface area contributed by atoms with Crippen molar-refractivity contribution in [3.63, 3.8) is 0 Å². The number of halogens is 1. The summed E-state index contributed by atoms with van der Waals surface area (Å²) in [6.45, 7) is 1.93. The predicted molar refractivity (Wildman–Crippen MR) is 67.8 cm³/mol. The molecule has 17 heavy (non-hydrogen) atoms. The number of rotatable bonds is 3. The summed E-state index contributed by atoms with van der Waals surface area (Å²) in [5.74, 6) is 1.37. The Kier molecular flexibility index (Phi) is 3.24. The van der Waals surface area contributed by atoms with Gasteiger partial charge in [-0.15, -0.1) is 0 Å². The van der Waals surface area contributed by atoms with E-state index in [2.05, 4.69) is 10.3 Å². The van der Waals surface area contributed by atoms with Crippen LogP contribution >= 0.6 is 11.6 Å². The van der Waals surface area contributed by atoms with Crippen LogP contribution in [0.4, 0.5) is 6.01 Å². The normalized spacial score (nSPS) is 10.4. The maximum Gasteiger partial charge on any atom is 0.294 e. The molecule has 0 aliphatic heterocycles. The summed E-state index contributed by atoms with van der Waals surface area (Å²) >= 11 is 6.04. The van der Waals surface area contributed by atoms with Gasteiger partial charge in [-0.05, 0) is 24.6 Å². The molecule has 0 radical (unpaired) electrons. The Hall–Kier alpha value is -1.68. The molecule has 0 aliphatic carbocycles. The Bertz CT molecular complexity index is 537. The third kappa shape index (κ3) is 2.22. The molecule has 1 aromatic carbocycles. The van der Waals surface area contributed by atoms with E-state index in [0.717, 1.165) is 16.9 Å². The number of benzene rings is 1. The molecular formula is C12H13ClN2O2. The van der Waals surface area contributed by atoms with E-state index in [1.807, 2.05) is 13.0 Å². The molecule has 0 bridgehead atoms. The number of aromatic nitrogens is 1. The lowest BCUT2D eigenvalue weighted by atomic mass is 10.1. The molecule has 2 aromatic rings. The molecule has 0 saturated carbocycles. The first-order chi connectivity index (χ1) is 8.15. The van der Waals surface area contributed by atoms with Crippen LogP contribution in [0, 0.1) is 6.92 Å². The second-order valence-corrected chi connectivity index (χ2v) is 4.02. The van der Waals surface area contributed by atoms with Gasteiger partial charge in [-0.3, -0.25) is 0 Å². The number of oxazole rings is 1. The Morgan fingerprint density at radius 2 is 2.18 bits per heavy atom. The Balaban J connectivity index is 2.57. The van der Waals surface area contributed by atoms with Crippen molar-refractivity contribution in [2.75, 3.05) is 19.5 Å². The standard InChI is InChI=1S/C12H13ClN2O2/c1-7-4-8(13)5-9(11(7)16-3)10-6-15-12(14-2)17-10/h4-6H,1-3H3,(H,14,15). The molecule has 0 spiro atoms. The molecule has 0 saturated heterocycles. The first-order valence-electron chi connectivity index (χ1n) is 5.13. The average molecular weight is 253 g/mol. The number of anilines is 1. The van der Waals surface area contributed by atoms with E-state index >= 15 is 0 Å². The number of hydrogen-bond acceptors (Lipinski definition) is 4. The average Bonchev–Trinajstić information content (AvgIpc) is 2.76. The molecule has 1 aromatic heterocycles. The lowest BCUT2D eigenvalue weighted by molar-refractivity contribution is 0.412. The second kappa shape index (κ2) is 4.67. The van der Waals surface area contributed by atoms with Crippen molar-refractivity contribution >= 4 is 17.6 Å². The zero-order valence-electron chi connectivity index (χ0n) is 9.87. The molecule has 0 fully saturated rings. The molecule has 0 unspecified atom stereocenters. The first kappa shape index (κ1) is 11.8. The molecule has 90 valence electrons. The number of ether oxygens (including phenoxy) is 1. The van der Waals surface area contributed by atoms with Crippen molar-refractivity contribution in [2.24, 2.45) is 0 Å². The van der Waals surface area contributed by atoms with Crippen LogP contribution in [0.3, 0.4) is 0 Å². The second-order valence-electron chi connectivity index (χ2n) is 3.58. The van der Waals surface area contributed by atoms with Crippen LogP contribution in [0.2, 0.25) is 5.02 Å². The van der Waals surface area contributed by atoms with Crippen LogP contribution in [0.25, 0.3) is 11.3 Å². The quantitative estimate of drug-likeness (QED) is 0.910. The Labute approximate surface area is 105 Å². The van der Waals surface area contributed by atoms with Gasteiger partial charge in [-0.1, -0.05) is 11.6 Å². The van der Waals surface area contributed by atoms with Gasteiger partial charge in [-0.2, -0.15) is 0 Å². The maximum absolute atomic E-state index is 6.04. The van der Waals surface area contributed by atoms with Gasteiger partial charge in [-0.25, -0.2) is 4.98 Å². The van der Waals surface area contributed by atoms with Crippen molar-refractivity contribution in [2.45, 2.75) is 6.92 Å². The van der Waals surface area contributed by atoms with Gasteiger partial charge >= 0.3 is 0 Å². The molecule has 0 atom stereocenters. The van der Waals surface area contributed by atoms with Gasteiger partial charge in [0.15, 0.2) is 5.76 Å². The fourth-order valence-electron chi connectivity index (χ4n) is 1.70. The van der Waals surface area contributed by atoms with Crippen LogP contribution in [-0.4, -0.2) is 19.1 Å². The van der Waals surface area contributed by atoms with E-state index < -0.39 is 0 Å². The van der Waals surface area contributed by atoms with E-state index in [4.69, 9.17) is 20.8 Å². The molecule has 2 rings (SSSR count). The number of nitrogens with one attached hydrogen (secondary N) is 1. The third-order valence-corrected chi connectivity index (χ3v) is 2.65. The van der Waals surface area contributed by atoms with Gasteiger partial charge < -0.3 is 14.5 Å². The highest BCUT2D eigenvalue weighted by Gasteiger charge is 2.14. The highest BCUT2D eigenvalue weighted by atomic mass is 35.5. The highest BCUT2D eigenvalue weighted by molar-refractivity contribution is 6.31. The summed E-state index contributed by atoms with van der Waals surface area (Å²) in [6, 6.07) is 4.10. The van der Waals surface area contributed by atoms with E-state index in [-0.39, 0.29) is 0 Å². The van der Waals surface area contributed by atoms with Crippen LogP contribution < -0.4 is 10.1 Å². The molecule has 4 nitrogen and oxygen atoms in total. The fraction of sp³-hybridized carbons (Fsp3) is 0.250. The van der Waals surface area contributed by atoms with Gasteiger partial charge in [0.2, 0.25) is 0 Å². The summed E-state index contributed by atoms with van der Waals surface area (Å²) in [6.07, 6.45) is 1.64. The summed E-state index contributed by atoms with van der Waals surface area (Å²) in [7, 11) is 3.37. The minimum Gasteiger partial charge on any atom is -0.496 e. The van der Waals surface area contributed by atoms with Crippen LogP contribution in [0.1, 0.15) is 5.56 Å². The number of nitrogens with zero attached hydrogens (tertiary/aromatic N) is 1. The van der Waals surface area contributed by atoms with E-state index in [1.165, 1.54) is 0 Å². The minimum absolute atomic E-state index is 0.458. The predicted octanol–water partition coefficient (Wildman–Crippen LogP) is 3.35. The summed E-state index contributed by atoms with van der Waals surface area (Å²) in [5.41, 5.74) is 1.75. The fourth-order valence-corrected chi connectivity index (χ4v) is 1.97. The molecule has 5 heteroatoms. The zero-order chi connectivity index (χ0) is 12.4. The smallest absolute Gasteiger partial charge is 0.294 e. The maximum atomic E-state index is 6.04. The number of hydrogen-bond donors (Lipinski definition) is 1. The van der Waals surface area contributed by atoms with Crippen molar-refractivity contribution in [1.82, 2.24) is 4.98 Å². The first-order valence-corrected chi connectivity index (χ1v) is 5.51. The number of aryl methyl sites for hydroxylation is 1. The molecule has 0 aliphatic rings. The van der Waals surface area contributed by atoms with Crippen molar-refractivity contribution in [3.8, 4) is 17.1 Å². The minimum atomic E-state index is 0.458. The van der Waals surface area contributed by atoms with Crippen molar-refractivity contribution in [3.05, 3.63) is 28.9 Å². The lowest BCUT2D eigenvalue weighted by Crippen LogP contribution is -1.91. The monoisotopic (exact) mass is 252 g/mol. The third-order valence-electron chi connectivity index (χ3n) is 2.43. The van der Waals surface area contributed by atoms with E-state index in [1.54, 1.807) is 26.4 Å². The van der Waals surface area contributed by atoms with Gasteiger partial charge in [0, 0.05) is 12.1 Å². The summed E-state index contributed by atoms with van der Waals surface area (Å²) in [5, 5.41) is 3.47. The summed E-state index contributed by atoms with van der Waals surface area (Å²) < 4.78 is 10.9. The van der Waals surface area contributed by atoms with Gasteiger partial charge in [0.1, 0.15) is 5.75 Å². The van der Waals surface area contributed by atoms with Gasteiger partial charge in [0.05, 0.1) is 18.9 Å². The largest absolute Gasteiger partial charge is 0.496 e.